The van der Waals surface area contributed by atoms with Crippen LogP contribution >= 0.6 is 11.6 Å². The van der Waals surface area contributed by atoms with Crippen molar-refractivity contribution >= 4 is 17.5 Å². The summed E-state index contributed by atoms with van der Waals surface area (Å²) in [4.78, 5) is 11.4. The standard InChI is InChI=1S/C9H8ClNO2/c10-6-1-2-8-7(5-6)9(12)11-3-4-13-8/h1-2,5H,3-4H2,(H,11,12). The van der Waals surface area contributed by atoms with Gasteiger partial charge in [0.2, 0.25) is 0 Å². The maximum Gasteiger partial charge on any atom is 0.255 e. The third-order valence-corrected chi connectivity index (χ3v) is 2.07. The second-order valence-electron chi connectivity index (χ2n) is 2.74. The zero-order valence-corrected chi connectivity index (χ0v) is 7.60. The normalized spacial score (nSPS) is 15.3. The summed E-state index contributed by atoms with van der Waals surface area (Å²) in [7, 11) is 0. The number of hydrogen-bond acceptors (Lipinski definition) is 2. The van der Waals surface area contributed by atoms with Gasteiger partial charge in [0, 0.05) is 5.02 Å². The lowest BCUT2D eigenvalue weighted by atomic mass is 10.2. The highest BCUT2D eigenvalue weighted by Crippen LogP contribution is 2.23. The minimum Gasteiger partial charge on any atom is -0.491 e. The Bertz CT molecular complexity index is 351. The van der Waals surface area contributed by atoms with Crippen LogP contribution in [0.25, 0.3) is 0 Å². The SMILES string of the molecule is O=C1NCCOc2ccc(Cl)cc21. The average Bonchev–Trinajstić information content (AvgIpc) is 2.29. The van der Waals surface area contributed by atoms with Gasteiger partial charge < -0.3 is 10.1 Å². The van der Waals surface area contributed by atoms with Crippen LogP contribution in [-0.2, 0) is 0 Å². The molecule has 1 aliphatic rings. The first-order chi connectivity index (χ1) is 6.27. The summed E-state index contributed by atoms with van der Waals surface area (Å²) in [5.74, 6) is 0.467. The molecule has 0 bridgehead atoms. The number of fused-ring (bicyclic) bond motifs is 1. The van der Waals surface area contributed by atoms with Gasteiger partial charge in [0.1, 0.15) is 12.4 Å². The van der Waals surface area contributed by atoms with Crippen LogP contribution in [0.4, 0.5) is 0 Å². The minimum atomic E-state index is -0.130. The van der Waals surface area contributed by atoms with E-state index in [9.17, 15) is 4.79 Å². The number of hydrogen-bond donors (Lipinski definition) is 1. The van der Waals surface area contributed by atoms with Crippen molar-refractivity contribution in [3.05, 3.63) is 28.8 Å². The van der Waals surface area contributed by atoms with Crippen LogP contribution in [0.15, 0.2) is 18.2 Å². The maximum atomic E-state index is 11.4. The molecule has 0 aromatic heterocycles. The zero-order chi connectivity index (χ0) is 9.26. The summed E-state index contributed by atoms with van der Waals surface area (Å²) >= 11 is 5.76. The van der Waals surface area contributed by atoms with Gasteiger partial charge in [0.15, 0.2) is 0 Å². The van der Waals surface area contributed by atoms with Crippen LogP contribution in [0.5, 0.6) is 5.75 Å². The molecule has 0 unspecified atom stereocenters. The van der Waals surface area contributed by atoms with Gasteiger partial charge >= 0.3 is 0 Å². The monoisotopic (exact) mass is 197 g/mol. The molecular formula is C9H8ClNO2. The summed E-state index contributed by atoms with van der Waals surface area (Å²) in [6.07, 6.45) is 0. The molecule has 13 heavy (non-hydrogen) atoms. The maximum absolute atomic E-state index is 11.4. The van der Waals surface area contributed by atoms with E-state index in [1.165, 1.54) is 0 Å². The molecule has 2 rings (SSSR count). The molecule has 1 aromatic carbocycles. The predicted octanol–water partition coefficient (Wildman–Crippen LogP) is 1.46. The topological polar surface area (TPSA) is 38.3 Å². The van der Waals surface area contributed by atoms with Crippen LogP contribution < -0.4 is 10.1 Å². The highest BCUT2D eigenvalue weighted by Gasteiger charge is 2.15. The van der Waals surface area contributed by atoms with Gasteiger partial charge in [0.05, 0.1) is 12.1 Å². The first-order valence-corrected chi connectivity index (χ1v) is 4.36. The summed E-state index contributed by atoms with van der Waals surface area (Å²) in [6, 6.07) is 5.03. The van der Waals surface area contributed by atoms with E-state index in [1.54, 1.807) is 18.2 Å². The molecule has 1 aliphatic heterocycles. The van der Waals surface area contributed by atoms with Crippen LogP contribution in [0, 0.1) is 0 Å². The lowest BCUT2D eigenvalue weighted by molar-refractivity contribution is 0.0957. The van der Waals surface area contributed by atoms with Crippen molar-refractivity contribution in [1.29, 1.82) is 0 Å². The van der Waals surface area contributed by atoms with Gasteiger partial charge in [-0.05, 0) is 18.2 Å². The van der Waals surface area contributed by atoms with E-state index in [0.29, 0.717) is 29.5 Å². The first kappa shape index (κ1) is 8.38. The Labute approximate surface area is 80.6 Å². The van der Waals surface area contributed by atoms with Crippen LogP contribution in [0.1, 0.15) is 10.4 Å². The van der Waals surface area contributed by atoms with Gasteiger partial charge in [0.25, 0.3) is 5.91 Å². The van der Waals surface area contributed by atoms with E-state index in [0.717, 1.165) is 0 Å². The third kappa shape index (κ3) is 1.60. The zero-order valence-electron chi connectivity index (χ0n) is 6.84. The lowest BCUT2D eigenvalue weighted by Crippen LogP contribution is -2.24. The van der Waals surface area contributed by atoms with Crippen LogP contribution in [0.2, 0.25) is 5.02 Å². The Hall–Kier alpha value is -1.22. The molecular weight excluding hydrogens is 190 g/mol. The molecule has 0 saturated heterocycles. The fourth-order valence-electron chi connectivity index (χ4n) is 1.23. The Morgan fingerprint density at radius 3 is 3.15 bits per heavy atom. The van der Waals surface area contributed by atoms with Crippen molar-refractivity contribution in [2.24, 2.45) is 0 Å². The van der Waals surface area contributed by atoms with Crippen molar-refractivity contribution in [2.75, 3.05) is 13.2 Å². The largest absolute Gasteiger partial charge is 0.491 e. The number of amides is 1. The van der Waals surface area contributed by atoms with E-state index in [4.69, 9.17) is 16.3 Å². The molecule has 1 N–H and O–H groups in total. The Morgan fingerprint density at radius 1 is 1.46 bits per heavy atom. The van der Waals surface area contributed by atoms with E-state index < -0.39 is 0 Å². The van der Waals surface area contributed by atoms with Crippen molar-refractivity contribution in [1.82, 2.24) is 5.32 Å². The number of benzene rings is 1. The van der Waals surface area contributed by atoms with Gasteiger partial charge in [-0.25, -0.2) is 0 Å². The second-order valence-corrected chi connectivity index (χ2v) is 3.18. The van der Waals surface area contributed by atoms with Gasteiger partial charge in [-0.3, -0.25) is 4.79 Å². The molecule has 0 atom stereocenters. The number of nitrogens with one attached hydrogen (secondary N) is 1. The number of rotatable bonds is 0. The number of ether oxygens (including phenoxy) is 1. The van der Waals surface area contributed by atoms with Crippen molar-refractivity contribution in [3.8, 4) is 5.75 Å². The highest BCUT2D eigenvalue weighted by atomic mass is 35.5. The highest BCUT2D eigenvalue weighted by molar-refractivity contribution is 6.31. The Balaban J connectivity index is 2.49. The molecule has 1 aromatic rings. The molecule has 1 amide bonds. The first-order valence-electron chi connectivity index (χ1n) is 3.98. The van der Waals surface area contributed by atoms with Gasteiger partial charge in [-0.2, -0.15) is 0 Å². The summed E-state index contributed by atoms with van der Waals surface area (Å²) in [5, 5.41) is 3.25. The molecule has 0 fully saturated rings. The molecule has 3 nitrogen and oxygen atoms in total. The molecule has 0 radical (unpaired) electrons. The van der Waals surface area contributed by atoms with Crippen LogP contribution in [-0.4, -0.2) is 19.1 Å². The molecule has 0 spiro atoms. The average molecular weight is 198 g/mol. The Kier molecular flexibility index (Phi) is 2.10. The van der Waals surface area contributed by atoms with E-state index in [1.807, 2.05) is 0 Å². The lowest BCUT2D eigenvalue weighted by Gasteiger charge is -2.04. The second kappa shape index (κ2) is 3.26. The number of carbonyl (C=O) groups is 1. The quantitative estimate of drug-likeness (QED) is 0.684. The number of carbonyl (C=O) groups excluding carboxylic acids is 1. The number of halogens is 1. The predicted molar refractivity (Wildman–Crippen MR) is 49.3 cm³/mol. The molecule has 4 heteroatoms. The summed E-state index contributed by atoms with van der Waals surface area (Å²) in [6.45, 7) is 1.03. The van der Waals surface area contributed by atoms with Gasteiger partial charge in [-0.1, -0.05) is 11.6 Å². The minimum absolute atomic E-state index is 0.130. The fraction of sp³-hybridized carbons (Fsp3) is 0.222. The van der Waals surface area contributed by atoms with E-state index in [-0.39, 0.29) is 5.91 Å². The van der Waals surface area contributed by atoms with Crippen molar-refractivity contribution in [2.45, 2.75) is 0 Å². The molecule has 0 saturated carbocycles. The van der Waals surface area contributed by atoms with Crippen molar-refractivity contribution < 1.29 is 9.53 Å². The van der Waals surface area contributed by atoms with E-state index >= 15 is 0 Å². The van der Waals surface area contributed by atoms with Gasteiger partial charge in [-0.15, -0.1) is 0 Å². The third-order valence-electron chi connectivity index (χ3n) is 1.83. The molecule has 1 heterocycles. The van der Waals surface area contributed by atoms with Crippen LogP contribution in [0.3, 0.4) is 0 Å². The smallest absolute Gasteiger partial charge is 0.255 e. The molecule has 68 valence electrons. The molecule has 0 aliphatic carbocycles. The van der Waals surface area contributed by atoms with Crippen molar-refractivity contribution in [3.63, 3.8) is 0 Å². The Morgan fingerprint density at radius 2 is 2.31 bits per heavy atom. The summed E-state index contributed by atoms with van der Waals surface area (Å²) in [5.41, 5.74) is 0.505. The van der Waals surface area contributed by atoms with E-state index in [2.05, 4.69) is 5.32 Å². The summed E-state index contributed by atoms with van der Waals surface area (Å²) < 4.78 is 5.33. The fourth-order valence-corrected chi connectivity index (χ4v) is 1.40.